The Morgan fingerprint density at radius 3 is 2.76 bits per heavy atom. The summed E-state index contributed by atoms with van der Waals surface area (Å²) in [5, 5.41) is 2.80. The molecule has 1 aliphatic heterocycles. The van der Waals surface area contributed by atoms with Crippen LogP contribution in [0.3, 0.4) is 0 Å². The average molecular weight is 392 g/mol. The highest BCUT2D eigenvalue weighted by atomic mass is 16.6. The lowest BCUT2D eigenvalue weighted by Crippen LogP contribution is -2.54. The molecule has 2 aromatic rings. The van der Waals surface area contributed by atoms with Crippen molar-refractivity contribution >= 4 is 11.8 Å². The quantitative estimate of drug-likeness (QED) is 0.723. The van der Waals surface area contributed by atoms with E-state index in [9.17, 15) is 4.79 Å². The third kappa shape index (κ3) is 3.67. The molecule has 1 N–H and O–H groups in total. The van der Waals surface area contributed by atoms with Crippen LogP contribution in [0.2, 0.25) is 0 Å². The second-order valence-electron chi connectivity index (χ2n) is 8.33. The van der Waals surface area contributed by atoms with Crippen LogP contribution >= 0.6 is 0 Å². The number of amides is 1. The maximum absolute atomic E-state index is 12.4. The summed E-state index contributed by atoms with van der Waals surface area (Å²) in [7, 11) is 0. The number of aromatic nitrogens is 1. The molecule has 0 radical (unpaired) electrons. The van der Waals surface area contributed by atoms with E-state index in [1.165, 1.54) is 5.57 Å². The molecule has 1 amide bonds. The van der Waals surface area contributed by atoms with Crippen molar-refractivity contribution in [1.82, 2.24) is 4.98 Å². The average Bonchev–Trinajstić information content (AvgIpc) is 2.73. The number of nitrogens with zero attached hydrogens (tertiary/aromatic N) is 1. The summed E-state index contributed by atoms with van der Waals surface area (Å²) < 4.78 is 12.1. The summed E-state index contributed by atoms with van der Waals surface area (Å²) in [4.78, 5) is 16.6. The maximum Gasteiger partial charge on any atom is 0.411 e. The van der Waals surface area contributed by atoms with Crippen molar-refractivity contribution in [1.29, 1.82) is 0 Å². The van der Waals surface area contributed by atoms with Crippen molar-refractivity contribution in [3.63, 3.8) is 0 Å². The molecule has 2 heterocycles. The Hall–Kier alpha value is -2.66. The fourth-order valence-electron chi connectivity index (χ4n) is 4.98. The van der Waals surface area contributed by atoms with Gasteiger partial charge in [0.2, 0.25) is 0 Å². The first-order valence-corrected chi connectivity index (χ1v) is 10.2. The van der Waals surface area contributed by atoms with Crippen molar-refractivity contribution in [3.8, 4) is 0 Å². The Labute approximate surface area is 172 Å². The van der Waals surface area contributed by atoms with E-state index in [0.29, 0.717) is 19.1 Å². The number of ether oxygens (including phenoxy) is 2. The van der Waals surface area contributed by atoms with Crippen LogP contribution in [0.4, 0.5) is 10.5 Å². The van der Waals surface area contributed by atoms with E-state index < -0.39 is 6.09 Å². The lowest BCUT2D eigenvalue weighted by Gasteiger charge is -2.55. The highest BCUT2D eigenvalue weighted by Crippen LogP contribution is 2.56. The van der Waals surface area contributed by atoms with Gasteiger partial charge < -0.3 is 9.47 Å². The molecule has 0 spiro atoms. The van der Waals surface area contributed by atoms with Crippen LogP contribution < -0.4 is 5.32 Å². The van der Waals surface area contributed by atoms with Crippen molar-refractivity contribution in [2.45, 2.75) is 26.9 Å². The van der Waals surface area contributed by atoms with Gasteiger partial charge in [0.15, 0.2) is 0 Å². The standard InChI is InChI=1S/C24H28N2O3/c1-16-12-17(2)24(15-29-23(27)26-20-9-5-4-6-10-20)14-28-22(21(16)18(24)3)19-8-7-11-25-13-19/h4-13,17-18,21-22H,14-15H2,1-3H3,(H,26,27)/t17-,18-,21-,22+,24-/m0/s1. The maximum atomic E-state index is 12.4. The van der Waals surface area contributed by atoms with Gasteiger partial charge in [0.25, 0.3) is 0 Å². The van der Waals surface area contributed by atoms with Crippen LogP contribution in [0.15, 0.2) is 66.5 Å². The van der Waals surface area contributed by atoms with E-state index in [0.717, 1.165) is 11.3 Å². The number of hydrogen-bond donors (Lipinski definition) is 1. The number of rotatable bonds is 4. The molecule has 4 rings (SSSR count). The van der Waals surface area contributed by atoms with Crippen LogP contribution in [0.25, 0.3) is 0 Å². The SMILES string of the molecule is CC1=C[C@H](C)[C@@]2(COC(=O)Nc3ccccc3)CO[C@H](c3cccnc3)[C@@H]1[C@@H]2C. The van der Waals surface area contributed by atoms with Gasteiger partial charge in [0, 0.05) is 29.4 Å². The Kier molecular flexibility index (Phi) is 5.41. The molecule has 5 heteroatoms. The first kappa shape index (κ1) is 19.6. The summed E-state index contributed by atoms with van der Waals surface area (Å²) in [6, 6.07) is 13.4. The molecule has 1 aromatic heterocycles. The van der Waals surface area contributed by atoms with Gasteiger partial charge in [-0.2, -0.15) is 0 Å². The van der Waals surface area contributed by atoms with Crippen LogP contribution in [0.5, 0.6) is 0 Å². The molecule has 5 atom stereocenters. The number of nitrogens with one attached hydrogen (secondary N) is 1. The summed E-state index contributed by atoms with van der Waals surface area (Å²) in [5.41, 5.74) is 2.92. The predicted octanol–water partition coefficient (Wildman–Crippen LogP) is 5.24. The Morgan fingerprint density at radius 2 is 2.03 bits per heavy atom. The second-order valence-corrected chi connectivity index (χ2v) is 8.33. The summed E-state index contributed by atoms with van der Waals surface area (Å²) in [5.74, 6) is 0.809. The van der Waals surface area contributed by atoms with Crippen molar-refractivity contribution in [2.24, 2.45) is 23.2 Å². The second kappa shape index (κ2) is 7.99. The van der Waals surface area contributed by atoms with Crippen molar-refractivity contribution in [2.75, 3.05) is 18.5 Å². The van der Waals surface area contributed by atoms with Crippen LogP contribution in [-0.2, 0) is 9.47 Å². The van der Waals surface area contributed by atoms with E-state index >= 15 is 0 Å². The molecule has 152 valence electrons. The fourth-order valence-corrected chi connectivity index (χ4v) is 4.98. The van der Waals surface area contributed by atoms with Gasteiger partial charge in [-0.1, -0.05) is 49.8 Å². The Bertz CT molecular complexity index is 884. The zero-order valence-corrected chi connectivity index (χ0v) is 17.2. The molecule has 0 unspecified atom stereocenters. The Balaban J connectivity index is 1.52. The third-order valence-electron chi connectivity index (χ3n) is 6.75. The molecule has 1 aliphatic carbocycles. The summed E-state index contributed by atoms with van der Waals surface area (Å²) in [6.07, 6.45) is 5.55. The largest absolute Gasteiger partial charge is 0.449 e. The van der Waals surface area contributed by atoms with Gasteiger partial charge in [-0.3, -0.25) is 10.3 Å². The topological polar surface area (TPSA) is 60.5 Å². The molecule has 2 bridgehead atoms. The van der Waals surface area contributed by atoms with E-state index in [2.05, 4.69) is 43.2 Å². The number of benzene rings is 1. The molecular formula is C24H28N2O3. The van der Waals surface area contributed by atoms with Crippen LogP contribution in [0, 0.1) is 23.2 Å². The molecule has 5 nitrogen and oxygen atoms in total. The smallest absolute Gasteiger partial charge is 0.411 e. The van der Waals surface area contributed by atoms with E-state index in [1.54, 1.807) is 6.20 Å². The Morgan fingerprint density at radius 1 is 1.24 bits per heavy atom. The molecule has 1 saturated heterocycles. The first-order chi connectivity index (χ1) is 14.0. The zero-order chi connectivity index (χ0) is 20.4. The van der Waals surface area contributed by atoms with Gasteiger partial charge in [-0.15, -0.1) is 0 Å². The molecule has 2 aliphatic rings. The highest BCUT2D eigenvalue weighted by Gasteiger charge is 2.54. The molecule has 29 heavy (non-hydrogen) atoms. The van der Waals surface area contributed by atoms with Gasteiger partial charge in [-0.05, 0) is 42.5 Å². The number of carbonyl (C=O) groups is 1. The summed E-state index contributed by atoms with van der Waals surface area (Å²) in [6.45, 7) is 7.52. The molecule has 1 aromatic carbocycles. The molecular weight excluding hydrogens is 364 g/mol. The number of carbonyl (C=O) groups excluding carboxylic acids is 1. The van der Waals surface area contributed by atoms with Crippen molar-refractivity contribution in [3.05, 3.63) is 72.1 Å². The minimum Gasteiger partial charge on any atom is -0.449 e. The van der Waals surface area contributed by atoms with Gasteiger partial charge in [-0.25, -0.2) is 4.79 Å². The number of hydrogen-bond acceptors (Lipinski definition) is 4. The van der Waals surface area contributed by atoms with E-state index in [1.807, 2.05) is 42.6 Å². The van der Waals surface area contributed by atoms with E-state index in [-0.39, 0.29) is 23.4 Å². The number of fused-ring (bicyclic) bond motifs is 2. The van der Waals surface area contributed by atoms with Gasteiger partial charge in [0.1, 0.15) is 6.61 Å². The number of para-hydroxylation sites is 1. The minimum absolute atomic E-state index is 0.0197. The monoisotopic (exact) mass is 392 g/mol. The van der Waals surface area contributed by atoms with Gasteiger partial charge >= 0.3 is 6.09 Å². The van der Waals surface area contributed by atoms with Crippen LogP contribution in [-0.4, -0.2) is 24.3 Å². The minimum atomic E-state index is -0.429. The van der Waals surface area contributed by atoms with Crippen molar-refractivity contribution < 1.29 is 14.3 Å². The number of allylic oxidation sites excluding steroid dienone is 1. The molecule has 0 saturated carbocycles. The highest BCUT2D eigenvalue weighted by molar-refractivity contribution is 5.84. The zero-order valence-electron chi connectivity index (χ0n) is 17.2. The number of pyridine rings is 1. The third-order valence-corrected chi connectivity index (χ3v) is 6.75. The lowest BCUT2D eigenvalue weighted by atomic mass is 9.56. The summed E-state index contributed by atoms with van der Waals surface area (Å²) >= 11 is 0. The first-order valence-electron chi connectivity index (χ1n) is 10.2. The number of anilines is 1. The predicted molar refractivity (Wildman–Crippen MR) is 112 cm³/mol. The lowest BCUT2D eigenvalue weighted by molar-refractivity contribution is -0.165. The van der Waals surface area contributed by atoms with Crippen LogP contribution in [0.1, 0.15) is 32.4 Å². The van der Waals surface area contributed by atoms with E-state index in [4.69, 9.17) is 9.47 Å². The molecule has 1 fully saturated rings. The normalized spacial score (nSPS) is 30.9. The fraction of sp³-hybridized carbons (Fsp3) is 0.417. The van der Waals surface area contributed by atoms with Gasteiger partial charge in [0.05, 0.1) is 12.7 Å².